The van der Waals surface area contributed by atoms with Crippen molar-refractivity contribution < 1.29 is 14.3 Å². The van der Waals surface area contributed by atoms with Crippen LogP contribution in [-0.4, -0.2) is 63.7 Å². The largest absolute Gasteiger partial charge is 0.395 e. The Hall–Kier alpha value is -2.80. The molecular weight excluding hydrogens is 618 g/mol. The van der Waals surface area contributed by atoms with Gasteiger partial charge in [0, 0.05) is 30.9 Å². The number of thiazole rings is 1. The smallest absolute Gasteiger partial charge is 0.273 e. The molecule has 4 heterocycles. The quantitative estimate of drug-likeness (QED) is 0.183. The van der Waals surface area contributed by atoms with E-state index in [4.69, 9.17) is 23.2 Å². The Morgan fingerprint density at radius 3 is 2.64 bits per heavy atom. The molecule has 0 radical (unpaired) electrons. The number of amides is 1. The van der Waals surface area contributed by atoms with Gasteiger partial charge in [-0.1, -0.05) is 52.4 Å². The lowest BCUT2D eigenvalue weighted by molar-refractivity contribution is 0.0903. The van der Waals surface area contributed by atoms with Crippen molar-refractivity contribution >= 4 is 63.2 Å². The molecule has 1 fully saturated rings. The molecule has 42 heavy (non-hydrogen) atoms. The van der Waals surface area contributed by atoms with Crippen molar-refractivity contribution in [3.8, 4) is 0 Å². The minimum Gasteiger partial charge on any atom is -0.395 e. The Labute approximate surface area is 261 Å². The first kappa shape index (κ1) is 30.7. The van der Waals surface area contributed by atoms with Crippen LogP contribution in [0.2, 0.25) is 10.0 Å². The minimum absolute atomic E-state index is 0.0824. The number of piperidine rings is 1. The Bertz CT molecular complexity index is 1560. The molecule has 0 atom stereocenters. The maximum atomic E-state index is 15.6. The number of carbonyl (C=O) groups excluding carboxylic acids is 1. The second kappa shape index (κ2) is 13.7. The summed E-state index contributed by atoms with van der Waals surface area (Å²) in [7, 11) is 0. The molecule has 0 spiro atoms. The summed E-state index contributed by atoms with van der Waals surface area (Å²) in [5, 5.41) is 17.0. The topological polar surface area (TPSA) is 103 Å². The molecule has 1 saturated heterocycles. The zero-order chi connectivity index (χ0) is 29.7. The minimum atomic E-state index is -0.690. The first-order valence-electron chi connectivity index (χ1n) is 13.3. The summed E-state index contributed by atoms with van der Waals surface area (Å²) in [6.07, 6.45) is 6.23. The van der Waals surface area contributed by atoms with Crippen molar-refractivity contribution in [3.05, 3.63) is 87.7 Å². The summed E-state index contributed by atoms with van der Waals surface area (Å²) in [4.78, 5) is 28.4. The summed E-state index contributed by atoms with van der Waals surface area (Å²) < 4.78 is 16.3. The van der Waals surface area contributed by atoms with E-state index in [0.29, 0.717) is 27.5 Å². The third-order valence-corrected chi connectivity index (χ3v) is 10.1. The fourth-order valence-corrected chi connectivity index (χ4v) is 7.09. The highest BCUT2D eigenvalue weighted by molar-refractivity contribution is 8.01. The van der Waals surface area contributed by atoms with Crippen LogP contribution in [-0.2, 0) is 5.41 Å². The van der Waals surface area contributed by atoms with E-state index in [2.05, 4.69) is 30.5 Å². The van der Waals surface area contributed by atoms with Crippen LogP contribution in [0.15, 0.2) is 64.1 Å². The monoisotopic (exact) mass is 646 g/mol. The van der Waals surface area contributed by atoms with Gasteiger partial charge >= 0.3 is 0 Å². The van der Waals surface area contributed by atoms with Gasteiger partial charge in [-0.2, -0.15) is 0 Å². The SMILES string of the molecule is Cc1ccnc(Nc2ncc(Sc3ccnc(C(=O)NCC4(c5ccc(Cl)c(Cl)c5)CCN(CCO)CC4)c3F)s2)c1. The summed E-state index contributed by atoms with van der Waals surface area (Å²) in [6.45, 7) is 4.39. The molecule has 220 valence electrons. The lowest BCUT2D eigenvalue weighted by Crippen LogP contribution is -2.49. The van der Waals surface area contributed by atoms with E-state index in [1.807, 2.05) is 31.2 Å². The summed E-state index contributed by atoms with van der Waals surface area (Å²) >= 11 is 15.1. The Morgan fingerprint density at radius 2 is 1.90 bits per heavy atom. The second-order valence-electron chi connectivity index (χ2n) is 10.1. The molecular formula is C29H29Cl2FN6O2S2. The average Bonchev–Trinajstić information content (AvgIpc) is 3.42. The predicted octanol–water partition coefficient (Wildman–Crippen LogP) is 6.34. The maximum absolute atomic E-state index is 15.6. The van der Waals surface area contributed by atoms with Gasteiger partial charge < -0.3 is 20.6 Å². The summed E-state index contributed by atoms with van der Waals surface area (Å²) in [5.74, 6) is -0.610. The normalized spacial score (nSPS) is 15.0. The van der Waals surface area contributed by atoms with E-state index in [1.54, 1.807) is 24.5 Å². The van der Waals surface area contributed by atoms with E-state index in [-0.39, 0.29) is 23.7 Å². The van der Waals surface area contributed by atoms with Gasteiger partial charge in [0.05, 0.1) is 32.0 Å². The number of nitrogens with zero attached hydrogens (tertiary/aromatic N) is 4. The third-order valence-electron chi connectivity index (χ3n) is 7.26. The number of β-amino-alcohol motifs (C(OH)–C–C–N with tert-alkyl or cyclic N) is 1. The number of nitrogens with one attached hydrogen (secondary N) is 2. The number of aryl methyl sites for hydroxylation is 1. The molecule has 5 rings (SSSR count). The number of halogens is 3. The van der Waals surface area contributed by atoms with Crippen LogP contribution in [0.25, 0.3) is 0 Å². The Balaban J connectivity index is 1.29. The molecule has 1 amide bonds. The summed E-state index contributed by atoms with van der Waals surface area (Å²) in [6, 6.07) is 10.9. The van der Waals surface area contributed by atoms with E-state index < -0.39 is 17.1 Å². The summed E-state index contributed by atoms with van der Waals surface area (Å²) in [5.41, 5.74) is 1.32. The van der Waals surface area contributed by atoms with Gasteiger partial charge in [-0.3, -0.25) is 4.79 Å². The van der Waals surface area contributed by atoms with Gasteiger partial charge in [-0.15, -0.1) is 0 Å². The van der Waals surface area contributed by atoms with Crippen LogP contribution in [0.5, 0.6) is 0 Å². The number of hydrogen-bond acceptors (Lipinski definition) is 9. The molecule has 3 N–H and O–H groups in total. The van der Waals surface area contributed by atoms with Crippen molar-refractivity contribution in [2.45, 2.75) is 34.3 Å². The number of benzene rings is 1. The van der Waals surface area contributed by atoms with Crippen LogP contribution in [0.3, 0.4) is 0 Å². The Kier molecular flexibility index (Phi) is 9.97. The molecule has 1 aliphatic heterocycles. The van der Waals surface area contributed by atoms with Crippen LogP contribution < -0.4 is 10.6 Å². The average molecular weight is 648 g/mol. The van der Waals surface area contributed by atoms with E-state index in [0.717, 1.165) is 41.3 Å². The first-order chi connectivity index (χ1) is 20.3. The zero-order valence-corrected chi connectivity index (χ0v) is 25.9. The number of aromatic nitrogens is 3. The zero-order valence-electron chi connectivity index (χ0n) is 22.7. The fraction of sp³-hybridized carbons (Fsp3) is 0.310. The molecule has 0 bridgehead atoms. The molecule has 3 aromatic heterocycles. The van der Waals surface area contributed by atoms with Crippen LogP contribution in [0, 0.1) is 12.7 Å². The molecule has 1 aromatic carbocycles. The first-order valence-corrected chi connectivity index (χ1v) is 15.7. The third kappa shape index (κ3) is 7.21. The molecule has 13 heteroatoms. The Morgan fingerprint density at radius 1 is 1.12 bits per heavy atom. The molecule has 8 nitrogen and oxygen atoms in total. The standard InChI is InChI=1S/C29H29Cl2FN6O2S2/c1-18-4-8-33-23(14-18)37-28-35-16-24(42-28)41-22-5-9-34-26(25(22)32)27(40)36-17-29(6-10-38(11-7-29)12-13-39)19-2-3-20(30)21(31)15-19/h2-5,8-9,14-16,39H,6-7,10-13,17H2,1H3,(H,36,40)(H,33,35,37). The van der Waals surface area contributed by atoms with Crippen LogP contribution in [0.4, 0.5) is 15.3 Å². The number of anilines is 2. The van der Waals surface area contributed by atoms with Gasteiger partial charge in [0.2, 0.25) is 0 Å². The lowest BCUT2D eigenvalue weighted by atomic mass is 9.72. The van der Waals surface area contributed by atoms with Crippen LogP contribution in [0.1, 0.15) is 34.5 Å². The number of rotatable bonds is 10. The molecule has 4 aromatic rings. The van der Waals surface area contributed by atoms with Gasteiger partial charge in [-0.05, 0) is 74.3 Å². The van der Waals surface area contributed by atoms with E-state index >= 15 is 4.39 Å². The van der Waals surface area contributed by atoms with Gasteiger partial charge in [0.25, 0.3) is 5.91 Å². The van der Waals surface area contributed by atoms with Gasteiger partial charge in [-0.25, -0.2) is 19.3 Å². The second-order valence-corrected chi connectivity index (χ2v) is 13.2. The fourth-order valence-electron chi connectivity index (χ4n) is 4.92. The lowest BCUT2D eigenvalue weighted by Gasteiger charge is -2.42. The highest BCUT2D eigenvalue weighted by Gasteiger charge is 2.37. The highest BCUT2D eigenvalue weighted by Crippen LogP contribution is 2.39. The number of carbonyl (C=O) groups is 1. The number of hydrogen-bond donors (Lipinski definition) is 3. The van der Waals surface area contributed by atoms with Crippen LogP contribution >= 0.6 is 46.3 Å². The highest BCUT2D eigenvalue weighted by atomic mass is 35.5. The number of aliphatic hydroxyl groups excluding tert-OH is 1. The van der Waals surface area contributed by atoms with Gasteiger partial charge in [0.15, 0.2) is 16.6 Å². The number of likely N-dealkylation sites (tertiary alicyclic amines) is 1. The maximum Gasteiger partial charge on any atom is 0.273 e. The van der Waals surface area contributed by atoms with Crippen molar-refractivity contribution in [3.63, 3.8) is 0 Å². The molecule has 0 unspecified atom stereocenters. The van der Waals surface area contributed by atoms with Crippen molar-refractivity contribution in [1.82, 2.24) is 25.2 Å². The molecule has 1 aliphatic rings. The van der Waals surface area contributed by atoms with Crippen molar-refractivity contribution in [2.75, 3.05) is 38.1 Å². The predicted molar refractivity (Wildman–Crippen MR) is 166 cm³/mol. The van der Waals surface area contributed by atoms with Crippen molar-refractivity contribution in [2.24, 2.45) is 0 Å². The van der Waals surface area contributed by atoms with Crippen molar-refractivity contribution in [1.29, 1.82) is 0 Å². The van der Waals surface area contributed by atoms with Gasteiger partial charge in [0.1, 0.15) is 5.82 Å². The molecule has 0 saturated carbocycles. The number of aliphatic hydroxyl groups is 1. The number of pyridine rings is 2. The van der Waals surface area contributed by atoms with E-state index in [1.165, 1.54) is 29.3 Å². The molecule has 0 aliphatic carbocycles. The van der Waals surface area contributed by atoms with E-state index in [9.17, 15) is 9.90 Å².